The highest BCUT2D eigenvalue weighted by atomic mass is 79.9. The Morgan fingerprint density at radius 2 is 1.93 bits per heavy atom. The Balaban J connectivity index is 1.85. The molecule has 2 aromatic rings. The molecule has 2 heterocycles. The van der Waals surface area contributed by atoms with Crippen LogP contribution in [0.5, 0.6) is 11.5 Å². The maximum atomic E-state index is 14.1. The molecular formula is C19H14BrF5N2O2. The molecule has 0 aromatic heterocycles. The molecule has 2 atom stereocenters. The number of carbonyl (C=O) groups excluding carboxylic acids is 1. The topological polar surface area (TPSA) is 41.6 Å². The third-order valence-electron chi connectivity index (χ3n) is 5.03. The SMILES string of the molecule is O=C(N[C@@H]1CCCN2c3cc(Br)c(F)cc3Oc3cc(F)ccc3[C@@H]12)C(F)(F)F. The van der Waals surface area contributed by atoms with Crippen LogP contribution in [0.25, 0.3) is 0 Å². The van der Waals surface area contributed by atoms with Gasteiger partial charge in [0.05, 0.1) is 22.2 Å². The molecule has 4 rings (SSSR count). The molecule has 1 saturated heterocycles. The number of hydrogen-bond acceptors (Lipinski definition) is 3. The monoisotopic (exact) mass is 476 g/mol. The lowest BCUT2D eigenvalue weighted by Crippen LogP contribution is -2.52. The molecule has 1 fully saturated rings. The summed E-state index contributed by atoms with van der Waals surface area (Å²) in [5.41, 5.74) is 0.845. The quantitative estimate of drug-likeness (QED) is 0.573. The molecule has 2 aromatic carbocycles. The molecule has 1 amide bonds. The van der Waals surface area contributed by atoms with Crippen LogP contribution in [0.4, 0.5) is 27.6 Å². The van der Waals surface area contributed by atoms with E-state index in [0.29, 0.717) is 24.2 Å². The van der Waals surface area contributed by atoms with E-state index in [9.17, 15) is 26.7 Å². The van der Waals surface area contributed by atoms with Gasteiger partial charge in [-0.1, -0.05) is 6.07 Å². The van der Waals surface area contributed by atoms with Gasteiger partial charge in [0.25, 0.3) is 0 Å². The van der Waals surface area contributed by atoms with Crippen molar-refractivity contribution >= 4 is 27.5 Å². The Bertz CT molecular complexity index is 982. The number of amides is 1. The smallest absolute Gasteiger partial charge is 0.455 e. The van der Waals surface area contributed by atoms with Crippen molar-refractivity contribution in [3.05, 3.63) is 52.0 Å². The maximum Gasteiger partial charge on any atom is 0.471 e. The minimum absolute atomic E-state index is 0.0635. The van der Waals surface area contributed by atoms with E-state index in [2.05, 4.69) is 21.2 Å². The van der Waals surface area contributed by atoms with Crippen molar-refractivity contribution in [2.45, 2.75) is 31.1 Å². The third-order valence-corrected chi connectivity index (χ3v) is 5.64. The zero-order valence-corrected chi connectivity index (χ0v) is 16.3. The summed E-state index contributed by atoms with van der Waals surface area (Å²) in [4.78, 5) is 13.4. The maximum absolute atomic E-state index is 14.1. The van der Waals surface area contributed by atoms with Crippen molar-refractivity contribution in [2.24, 2.45) is 0 Å². The first-order valence-corrected chi connectivity index (χ1v) is 9.55. The second-order valence-corrected chi connectivity index (χ2v) is 7.73. The van der Waals surface area contributed by atoms with Gasteiger partial charge in [0.2, 0.25) is 0 Å². The summed E-state index contributed by atoms with van der Waals surface area (Å²) in [6, 6.07) is 4.63. The minimum atomic E-state index is -5.03. The van der Waals surface area contributed by atoms with Gasteiger partial charge in [0.15, 0.2) is 5.75 Å². The van der Waals surface area contributed by atoms with Crippen molar-refractivity contribution in [3.8, 4) is 11.5 Å². The van der Waals surface area contributed by atoms with E-state index < -0.39 is 35.8 Å². The highest BCUT2D eigenvalue weighted by Gasteiger charge is 2.44. The zero-order chi connectivity index (χ0) is 20.9. The van der Waals surface area contributed by atoms with Crippen LogP contribution < -0.4 is 15.0 Å². The number of piperidine rings is 1. The molecule has 2 aliphatic rings. The fraction of sp³-hybridized carbons (Fsp3) is 0.316. The van der Waals surface area contributed by atoms with E-state index >= 15 is 0 Å². The normalized spacial score (nSPS) is 20.7. The average molecular weight is 477 g/mol. The van der Waals surface area contributed by atoms with E-state index in [1.54, 1.807) is 4.90 Å². The summed E-state index contributed by atoms with van der Waals surface area (Å²) in [7, 11) is 0. The number of carbonyl (C=O) groups is 1. The van der Waals surface area contributed by atoms with Crippen molar-refractivity contribution in [1.29, 1.82) is 0 Å². The van der Waals surface area contributed by atoms with Crippen molar-refractivity contribution in [1.82, 2.24) is 5.32 Å². The summed E-state index contributed by atoms with van der Waals surface area (Å²) >= 11 is 3.11. The van der Waals surface area contributed by atoms with E-state index in [-0.39, 0.29) is 22.4 Å². The van der Waals surface area contributed by atoms with Gasteiger partial charge in [-0.15, -0.1) is 0 Å². The number of nitrogens with zero attached hydrogens (tertiary/aromatic N) is 1. The van der Waals surface area contributed by atoms with Gasteiger partial charge in [-0.05, 0) is 40.9 Å². The number of rotatable bonds is 1. The molecule has 0 saturated carbocycles. The first-order chi connectivity index (χ1) is 13.6. The van der Waals surface area contributed by atoms with Crippen molar-refractivity contribution < 1.29 is 31.5 Å². The van der Waals surface area contributed by atoms with Gasteiger partial charge < -0.3 is 15.0 Å². The summed E-state index contributed by atoms with van der Waals surface area (Å²) in [6.07, 6.45) is -4.25. The third kappa shape index (κ3) is 3.65. The summed E-state index contributed by atoms with van der Waals surface area (Å²) < 4.78 is 72.4. The van der Waals surface area contributed by atoms with E-state index in [0.717, 1.165) is 12.1 Å². The Hall–Kier alpha value is -2.36. The lowest BCUT2D eigenvalue weighted by atomic mass is 9.89. The molecule has 0 aliphatic carbocycles. The first-order valence-electron chi connectivity index (χ1n) is 8.76. The second kappa shape index (κ2) is 7.16. The van der Waals surface area contributed by atoms with Gasteiger partial charge in [-0.2, -0.15) is 13.2 Å². The Labute approximate surface area is 170 Å². The number of ether oxygens (including phenoxy) is 1. The highest BCUT2D eigenvalue weighted by molar-refractivity contribution is 9.10. The zero-order valence-electron chi connectivity index (χ0n) is 14.7. The summed E-state index contributed by atoms with van der Waals surface area (Å²) in [5, 5.41) is 2.06. The van der Waals surface area contributed by atoms with Crippen LogP contribution in [0.1, 0.15) is 24.4 Å². The van der Waals surface area contributed by atoms with E-state index in [4.69, 9.17) is 4.74 Å². The van der Waals surface area contributed by atoms with Crippen molar-refractivity contribution in [3.63, 3.8) is 0 Å². The lowest BCUT2D eigenvalue weighted by molar-refractivity contribution is -0.174. The number of halogens is 6. The number of benzene rings is 2. The molecule has 0 bridgehead atoms. The van der Waals surface area contributed by atoms with Gasteiger partial charge in [0, 0.05) is 24.2 Å². The summed E-state index contributed by atoms with van der Waals surface area (Å²) in [5.74, 6) is -3.07. The molecule has 1 N–H and O–H groups in total. The molecule has 0 unspecified atom stereocenters. The van der Waals surface area contributed by atoms with Crippen LogP contribution in [0.3, 0.4) is 0 Å². The number of fused-ring (bicyclic) bond motifs is 5. The fourth-order valence-electron chi connectivity index (χ4n) is 3.84. The molecule has 10 heteroatoms. The standard InChI is InChI=1S/C19H14BrF5N2O2/c20-11-7-14-16(8-12(11)22)29-15-6-9(21)3-4-10(15)17-13(2-1-5-27(14)17)26-18(28)19(23,24)25/h3-4,6-8,13,17H,1-2,5H2,(H,26,28)/t13-,17+/m1/s1. The van der Waals surface area contributed by atoms with Crippen LogP contribution in [-0.4, -0.2) is 24.7 Å². The molecule has 4 nitrogen and oxygen atoms in total. The van der Waals surface area contributed by atoms with Gasteiger partial charge in [-0.3, -0.25) is 4.79 Å². The summed E-state index contributed by atoms with van der Waals surface area (Å²) in [6.45, 7) is 0.439. The highest BCUT2D eigenvalue weighted by Crippen LogP contribution is 2.49. The van der Waals surface area contributed by atoms with Gasteiger partial charge in [0.1, 0.15) is 17.4 Å². The molecule has 154 valence electrons. The van der Waals surface area contributed by atoms with Crippen LogP contribution >= 0.6 is 15.9 Å². The van der Waals surface area contributed by atoms with E-state index in [1.165, 1.54) is 18.2 Å². The number of anilines is 1. The molecule has 0 spiro atoms. The number of hydrogen-bond donors (Lipinski definition) is 1. The molecular weight excluding hydrogens is 463 g/mol. The van der Waals surface area contributed by atoms with Crippen LogP contribution in [-0.2, 0) is 4.79 Å². The Morgan fingerprint density at radius 3 is 2.66 bits per heavy atom. The Morgan fingerprint density at radius 1 is 1.17 bits per heavy atom. The number of alkyl halides is 3. The average Bonchev–Trinajstić information content (AvgIpc) is 2.76. The van der Waals surface area contributed by atoms with Crippen LogP contribution in [0, 0.1) is 11.6 Å². The van der Waals surface area contributed by atoms with Crippen molar-refractivity contribution in [2.75, 3.05) is 11.4 Å². The predicted octanol–water partition coefficient (Wildman–Crippen LogP) is 5.22. The molecule has 29 heavy (non-hydrogen) atoms. The fourth-order valence-corrected chi connectivity index (χ4v) is 4.17. The van der Waals surface area contributed by atoms with Gasteiger partial charge in [-0.25, -0.2) is 8.78 Å². The first kappa shape index (κ1) is 19.9. The largest absolute Gasteiger partial charge is 0.471 e. The molecule has 0 radical (unpaired) electrons. The Kier molecular flexibility index (Phi) is 4.92. The molecule has 2 aliphatic heterocycles. The lowest BCUT2D eigenvalue weighted by Gasteiger charge is -2.42. The minimum Gasteiger partial charge on any atom is -0.455 e. The van der Waals surface area contributed by atoms with Crippen LogP contribution in [0.15, 0.2) is 34.8 Å². The predicted molar refractivity (Wildman–Crippen MR) is 97.9 cm³/mol. The van der Waals surface area contributed by atoms with E-state index in [1.807, 2.05) is 0 Å². The van der Waals surface area contributed by atoms with Gasteiger partial charge >= 0.3 is 12.1 Å². The van der Waals surface area contributed by atoms with Crippen LogP contribution in [0.2, 0.25) is 0 Å². The number of nitrogens with one attached hydrogen (secondary N) is 1. The second-order valence-electron chi connectivity index (χ2n) is 6.88.